The molecule has 0 radical (unpaired) electrons. The number of likely N-dealkylation sites (N-methyl/N-ethyl adjacent to an activating group) is 1. The van der Waals surface area contributed by atoms with E-state index in [0.717, 1.165) is 35.6 Å². The van der Waals surface area contributed by atoms with Crippen molar-refractivity contribution in [3.63, 3.8) is 0 Å². The Morgan fingerprint density at radius 3 is 2.42 bits per heavy atom. The molecule has 0 aliphatic carbocycles. The molecule has 5 nitrogen and oxygen atoms in total. The Kier molecular flexibility index (Phi) is 6.50. The minimum absolute atomic E-state index is 0.348. The molecule has 3 rings (SSSR count). The molecule has 26 heavy (non-hydrogen) atoms. The normalized spacial score (nSPS) is 14.8. The Hall–Kier alpha value is -2.08. The van der Waals surface area contributed by atoms with Crippen LogP contribution in [-0.2, 0) is 22.5 Å². The van der Waals surface area contributed by atoms with Crippen LogP contribution < -0.4 is 9.47 Å². The molecule has 0 unspecified atom stereocenters. The lowest BCUT2D eigenvalue weighted by Gasteiger charge is -2.20. The van der Waals surface area contributed by atoms with Crippen molar-refractivity contribution in [2.45, 2.75) is 19.3 Å². The first-order chi connectivity index (χ1) is 12.7. The first-order valence-electron chi connectivity index (χ1n) is 8.93. The number of benzene rings is 2. The van der Waals surface area contributed by atoms with Gasteiger partial charge in [0.25, 0.3) is 0 Å². The highest BCUT2D eigenvalue weighted by atomic mass is 16.7. The van der Waals surface area contributed by atoms with Crippen LogP contribution >= 0.6 is 0 Å². The van der Waals surface area contributed by atoms with Crippen molar-refractivity contribution in [2.24, 2.45) is 0 Å². The summed E-state index contributed by atoms with van der Waals surface area (Å²) in [4.78, 5) is 2.17. The van der Waals surface area contributed by atoms with Gasteiger partial charge in [0.2, 0.25) is 0 Å². The minimum Gasteiger partial charge on any atom is -0.497 e. The molecule has 5 heteroatoms. The van der Waals surface area contributed by atoms with E-state index < -0.39 is 0 Å². The highest BCUT2D eigenvalue weighted by molar-refractivity contribution is 5.42. The molecule has 2 aromatic carbocycles. The van der Waals surface area contributed by atoms with Gasteiger partial charge >= 0.3 is 0 Å². The van der Waals surface area contributed by atoms with Crippen molar-refractivity contribution in [3.8, 4) is 11.5 Å². The zero-order valence-electron chi connectivity index (χ0n) is 15.7. The van der Waals surface area contributed by atoms with Gasteiger partial charge < -0.3 is 23.8 Å². The summed E-state index contributed by atoms with van der Waals surface area (Å²) < 4.78 is 22.9. The van der Waals surface area contributed by atoms with E-state index in [1.54, 1.807) is 7.11 Å². The van der Waals surface area contributed by atoms with E-state index in [4.69, 9.17) is 18.9 Å². The first-order valence-corrected chi connectivity index (χ1v) is 8.93. The number of rotatable bonds is 8. The second-order valence-corrected chi connectivity index (χ2v) is 6.59. The molecule has 1 saturated heterocycles. The summed E-state index contributed by atoms with van der Waals surface area (Å²) in [5, 5.41) is 0. The fourth-order valence-corrected chi connectivity index (χ4v) is 2.95. The van der Waals surface area contributed by atoms with Gasteiger partial charge in [-0.05, 0) is 49.8 Å². The number of ether oxygens (including phenoxy) is 4. The molecule has 0 aromatic heterocycles. The van der Waals surface area contributed by atoms with Crippen LogP contribution in [0.2, 0.25) is 0 Å². The van der Waals surface area contributed by atoms with Crippen LogP contribution in [0.4, 0.5) is 0 Å². The second-order valence-electron chi connectivity index (χ2n) is 6.59. The maximum Gasteiger partial charge on any atom is 0.187 e. The summed E-state index contributed by atoms with van der Waals surface area (Å²) in [5.74, 6) is 1.66. The van der Waals surface area contributed by atoms with E-state index in [0.29, 0.717) is 19.8 Å². The van der Waals surface area contributed by atoms with E-state index >= 15 is 0 Å². The maximum absolute atomic E-state index is 6.14. The second kappa shape index (κ2) is 9.03. The molecular formula is C21H27NO4. The van der Waals surface area contributed by atoms with Crippen molar-refractivity contribution in [1.29, 1.82) is 0 Å². The summed E-state index contributed by atoms with van der Waals surface area (Å²) in [6.07, 6.45) is 0.574. The van der Waals surface area contributed by atoms with Gasteiger partial charge in [0, 0.05) is 6.54 Å². The molecule has 0 saturated carbocycles. The van der Waals surface area contributed by atoms with Crippen molar-refractivity contribution in [1.82, 2.24) is 4.90 Å². The minimum atomic E-state index is -0.348. The molecular weight excluding hydrogens is 330 g/mol. The van der Waals surface area contributed by atoms with Gasteiger partial charge in [-0.2, -0.15) is 0 Å². The fourth-order valence-electron chi connectivity index (χ4n) is 2.95. The zero-order chi connectivity index (χ0) is 18.4. The summed E-state index contributed by atoms with van der Waals surface area (Å²) in [7, 11) is 5.82. The summed E-state index contributed by atoms with van der Waals surface area (Å²) in [6.45, 7) is 2.68. The third-order valence-corrected chi connectivity index (χ3v) is 4.40. The van der Waals surface area contributed by atoms with E-state index in [1.807, 2.05) is 36.4 Å². The third kappa shape index (κ3) is 4.75. The van der Waals surface area contributed by atoms with Crippen LogP contribution in [-0.4, -0.2) is 45.9 Å². The van der Waals surface area contributed by atoms with E-state index in [9.17, 15) is 0 Å². The molecule has 2 aromatic rings. The van der Waals surface area contributed by atoms with Gasteiger partial charge in [0.15, 0.2) is 6.29 Å². The monoisotopic (exact) mass is 357 g/mol. The molecule has 0 amide bonds. The predicted octanol–water partition coefficient (Wildman–Crippen LogP) is 3.42. The Morgan fingerprint density at radius 2 is 1.77 bits per heavy atom. The molecule has 1 fully saturated rings. The molecule has 0 spiro atoms. The molecule has 1 heterocycles. The Bertz CT molecular complexity index is 694. The standard InChI is InChI=1S/C21H27NO4/c1-22(2)12-11-17-5-4-6-19(20(17)21-24-13-14-25-21)26-15-16-7-9-18(23-3)10-8-16/h4-10,21H,11-15H2,1-3H3. The maximum atomic E-state index is 6.14. The third-order valence-electron chi connectivity index (χ3n) is 4.40. The topological polar surface area (TPSA) is 40.2 Å². The van der Waals surface area contributed by atoms with Crippen LogP contribution in [0.1, 0.15) is 23.0 Å². The van der Waals surface area contributed by atoms with E-state index in [-0.39, 0.29) is 6.29 Å². The van der Waals surface area contributed by atoms with Gasteiger partial charge in [-0.3, -0.25) is 0 Å². The SMILES string of the molecule is COc1ccc(COc2cccc(CCN(C)C)c2C2OCCO2)cc1. The fraction of sp³-hybridized carbons (Fsp3) is 0.429. The van der Waals surface area contributed by atoms with Crippen molar-refractivity contribution >= 4 is 0 Å². The average Bonchev–Trinajstić information content (AvgIpc) is 3.19. The predicted molar refractivity (Wildman–Crippen MR) is 101 cm³/mol. The smallest absolute Gasteiger partial charge is 0.187 e. The summed E-state index contributed by atoms with van der Waals surface area (Å²) in [6, 6.07) is 14.1. The van der Waals surface area contributed by atoms with Crippen LogP contribution in [0.5, 0.6) is 11.5 Å². The highest BCUT2D eigenvalue weighted by Crippen LogP contribution is 2.35. The van der Waals surface area contributed by atoms with Crippen molar-refractivity contribution < 1.29 is 18.9 Å². The number of nitrogens with zero attached hydrogens (tertiary/aromatic N) is 1. The molecule has 1 aliphatic rings. The van der Waals surface area contributed by atoms with Gasteiger partial charge in [0.05, 0.1) is 25.9 Å². The van der Waals surface area contributed by atoms with Crippen LogP contribution in [0.3, 0.4) is 0 Å². The molecule has 1 aliphatic heterocycles. The largest absolute Gasteiger partial charge is 0.497 e. The average molecular weight is 357 g/mol. The lowest BCUT2D eigenvalue weighted by atomic mass is 10.0. The van der Waals surface area contributed by atoms with E-state index in [2.05, 4.69) is 25.1 Å². The lowest BCUT2D eigenvalue weighted by molar-refractivity contribution is -0.0465. The number of methoxy groups -OCH3 is 1. The highest BCUT2D eigenvalue weighted by Gasteiger charge is 2.25. The van der Waals surface area contributed by atoms with Crippen LogP contribution in [0.15, 0.2) is 42.5 Å². The van der Waals surface area contributed by atoms with Crippen LogP contribution in [0.25, 0.3) is 0 Å². The van der Waals surface area contributed by atoms with Gasteiger partial charge in [-0.25, -0.2) is 0 Å². The molecule has 0 bridgehead atoms. The lowest BCUT2D eigenvalue weighted by Crippen LogP contribution is -2.17. The summed E-state index contributed by atoms with van der Waals surface area (Å²) in [5.41, 5.74) is 3.31. The van der Waals surface area contributed by atoms with Gasteiger partial charge in [-0.1, -0.05) is 24.3 Å². The van der Waals surface area contributed by atoms with Crippen molar-refractivity contribution in [3.05, 3.63) is 59.2 Å². The number of hydrogen-bond donors (Lipinski definition) is 0. The Balaban J connectivity index is 1.78. The quantitative estimate of drug-likeness (QED) is 0.724. The van der Waals surface area contributed by atoms with Crippen LogP contribution in [0, 0.1) is 0 Å². The first kappa shape index (κ1) is 18.7. The molecule has 0 atom stereocenters. The molecule has 140 valence electrons. The zero-order valence-corrected chi connectivity index (χ0v) is 15.7. The van der Waals surface area contributed by atoms with Gasteiger partial charge in [-0.15, -0.1) is 0 Å². The molecule has 0 N–H and O–H groups in total. The summed E-state index contributed by atoms with van der Waals surface area (Å²) >= 11 is 0. The van der Waals surface area contributed by atoms with Gasteiger partial charge in [0.1, 0.15) is 18.1 Å². The number of hydrogen-bond acceptors (Lipinski definition) is 5. The Morgan fingerprint density at radius 1 is 1.04 bits per heavy atom. The van der Waals surface area contributed by atoms with E-state index in [1.165, 1.54) is 5.56 Å². The Labute approximate surface area is 155 Å². The van der Waals surface area contributed by atoms with Crippen molar-refractivity contribution in [2.75, 3.05) is 41.0 Å².